The molecule has 0 aromatic heterocycles. The molecule has 1 aromatic carbocycles. The zero-order chi connectivity index (χ0) is 14.8. The molecule has 2 rings (SSSR count). The van der Waals surface area contributed by atoms with Crippen LogP contribution in [-0.2, 0) is 14.8 Å². The standard InChI is InChI=1S/C14H21NO4S/c1-11(16)12-4-3-5-14(10-12)20(17,18)15(8-9-19-2)13-6-7-13/h3-5,10-11,13,16H,6-9H2,1-2H3. The summed E-state index contributed by atoms with van der Waals surface area (Å²) in [4.78, 5) is 0.235. The molecule has 20 heavy (non-hydrogen) atoms. The largest absolute Gasteiger partial charge is 0.389 e. The Morgan fingerprint density at radius 1 is 1.45 bits per heavy atom. The van der Waals surface area contributed by atoms with Crippen molar-refractivity contribution in [3.05, 3.63) is 29.8 Å². The Morgan fingerprint density at radius 2 is 2.15 bits per heavy atom. The topological polar surface area (TPSA) is 66.8 Å². The number of hydrogen-bond acceptors (Lipinski definition) is 4. The number of aliphatic hydroxyl groups excluding tert-OH is 1. The lowest BCUT2D eigenvalue weighted by atomic mass is 10.1. The fraction of sp³-hybridized carbons (Fsp3) is 0.571. The maximum Gasteiger partial charge on any atom is 0.243 e. The van der Waals surface area contributed by atoms with Crippen molar-refractivity contribution in [2.75, 3.05) is 20.3 Å². The van der Waals surface area contributed by atoms with Gasteiger partial charge in [-0.05, 0) is 37.5 Å². The van der Waals surface area contributed by atoms with Crippen LogP contribution in [0.2, 0.25) is 0 Å². The summed E-state index contributed by atoms with van der Waals surface area (Å²) in [5.41, 5.74) is 0.605. The van der Waals surface area contributed by atoms with Crippen LogP contribution in [0.5, 0.6) is 0 Å². The Morgan fingerprint density at radius 3 is 2.70 bits per heavy atom. The van der Waals surface area contributed by atoms with Crippen LogP contribution in [0, 0.1) is 0 Å². The molecular weight excluding hydrogens is 278 g/mol. The maximum absolute atomic E-state index is 12.7. The lowest BCUT2D eigenvalue weighted by Gasteiger charge is -2.22. The van der Waals surface area contributed by atoms with Crippen molar-refractivity contribution in [2.45, 2.75) is 36.8 Å². The summed E-state index contributed by atoms with van der Waals surface area (Å²) >= 11 is 0. The Hall–Kier alpha value is -0.950. The molecule has 0 saturated heterocycles. The van der Waals surface area contributed by atoms with Crippen LogP contribution < -0.4 is 0 Å². The summed E-state index contributed by atoms with van der Waals surface area (Å²) in [6, 6.07) is 6.59. The van der Waals surface area contributed by atoms with Crippen LogP contribution in [0.4, 0.5) is 0 Å². The van der Waals surface area contributed by atoms with Gasteiger partial charge in [-0.2, -0.15) is 4.31 Å². The van der Waals surface area contributed by atoms with E-state index in [9.17, 15) is 13.5 Å². The molecule has 1 atom stereocenters. The first-order chi connectivity index (χ1) is 9.46. The predicted molar refractivity (Wildman–Crippen MR) is 75.9 cm³/mol. The third-order valence-corrected chi connectivity index (χ3v) is 5.36. The minimum Gasteiger partial charge on any atom is -0.389 e. The van der Waals surface area contributed by atoms with E-state index in [1.165, 1.54) is 4.31 Å². The van der Waals surface area contributed by atoms with E-state index in [1.807, 2.05) is 0 Å². The summed E-state index contributed by atoms with van der Waals surface area (Å²) < 4.78 is 31.9. The van der Waals surface area contributed by atoms with Crippen molar-refractivity contribution in [3.8, 4) is 0 Å². The van der Waals surface area contributed by atoms with Gasteiger partial charge in [-0.3, -0.25) is 0 Å². The smallest absolute Gasteiger partial charge is 0.243 e. The third-order valence-electron chi connectivity index (χ3n) is 3.42. The quantitative estimate of drug-likeness (QED) is 0.829. The van der Waals surface area contributed by atoms with Gasteiger partial charge >= 0.3 is 0 Å². The van der Waals surface area contributed by atoms with E-state index in [4.69, 9.17) is 4.74 Å². The highest BCUT2D eigenvalue weighted by atomic mass is 32.2. The van der Waals surface area contributed by atoms with Gasteiger partial charge < -0.3 is 9.84 Å². The molecule has 0 spiro atoms. The molecule has 1 aliphatic rings. The van der Waals surface area contributed by atoms with Crippen molar-refractivity contribution >= 4 is 10.0 Å². The molecule has 1 aromatic rings. The van der Waals surface area contributed by atoms with Gasteiger partial charge in [-0.25, -0.2) is 8.42 Å². The normalized spacial score (nSPS) is 17.4. The lowest BCUT2D eigenvalue weighted by molar-refractivity contribution is 0.177. The molecule has 1 fully saturated rings. The number of aliphatic hydroxyl groups is 1. The number of ether oxygens (including phenoxy) is 1. The molecule has 6 heteroatoms. The summed E-state index contributed by atoms with van der Waals surface area (Å²) in [6.45, 7) is 2.36. The second-order valence-electron chi connectivity index (χ2n) is 5.09. The van der Waals surface area contributed by atoms with Gasteiger partial charge in [0.2, 0.25) is 10.0 Å². The van der Waals surface area contributed by atoms with Crippen molar-refractivity contribution in [1.82, 2.24) is 4.31 Å². The lowest BCUT2D eigenvalue weighted by Crippen LogP contribution is -2.35. The number of benzene rings is 1. The second kappa shape index (κ2) is 6.22. The van der Waals surface area contributed by atoms with Gasteiger partial charge in [0.25, 0.3) is 0 Å². The van der Waals surface area contributed by atoms with E-state index >= 15 is 0 Å². The predicted octanol–water partition coefficient (Wildman–Crippen LogP) is 1.54. The molecule has 112 valence electrons. The zero-order valence-corrected chi connectivity index (χ0v) is 12.6. The van der Waals surface area contributed by atoms with Gasteiger partial charge in [0.15, 0.2) is 0 Å². The number of nitrogens with zero attached hydrogens (tertiary/aromatic N) is 1. The first-order valence-corrected chi connectivity index (χ1v) is 8.19. The van der Waals surface area contributed by atoms with Crippen molar-refractivity contribution < 1.29 is 18.3 Å². The van der Waals surface area contributed by atoms with Crippen LogP contribution in [0.1, 0.15) is 31.4 Å². The van der Waals surface area contributed by atoms with E-state index in [0.717, 1.165) is 12.8 Å². The number of rotatable bonds is 7. The highest BCUT2D eigenvalue weighted by Gasteiger charge is 2.37. The summed E-state index contributed by atoms with van der Waals surface area (Å²) in [7, 11) is -1.96. The van der Waals surface area contributed by atoms with E-state index in [0.29, 0.717) is 18.7 Å². The van der Waals surface area contributed by atoms with Crippen molar-refractivity contribution in [3.63, 3.8) is 0 Å². The Balaban J connectivity index is 2.29. The fourth-order valence-corrected chi connectivity index (χ4v) is 3.84. The van der Waals surface area contributed by atoms with E-state index in [-0.39, 0.29) is 10.9 Å². The monoisotopic (exact) mass is 299 g/mol. The summed E-state index contributed by atoms with van der Waals surface area (Å²) in [5.74, 6) is 0. The van der Waals surface area contributed by atoms with Gasteiger partial charge in [0.05, 0.1) is 17.6 Å². The molecule has 1 saturated carbocycles. The van der Waals surface area contributed by atoms with E-state index < -0.39 is 16.1 Å². The maximum atomic E-state index is 12.7. The SMILES string of the molecule is COCCN(C1CC1)S(=O)(=O)c1cccc(C(C)O)c1. The first-order valence-electron chi connectivity index (χ1n) is 6.75. The Kier molecular flexibility index (Phi) is 4.80. The molecule has 1 N–H and O–H groups in total. The van der Waals surface area contributed by atoms with Crippen LogP contribution in [0.15, 0.2) is 29.2 Å². The number of sulfonamides is 1. The highest BCUT2D eigenvalue weighted by Crippen LogP contribution is 2.32. The second-order valence-corrected chi connectivity index (χ2v) is 6.98. The minimum absolute atomic E-state index is 0.0883. The number of methoxy groups -OCH3 is 1. The summed E-state index contributed by atoms with van der Waals surface area (Å²) in [6.07, 6.45) is 1.12. The van der Waals surface area contributed by atoms with Crippen molar-refractivity contribution in [2.24, 2.45) is 0 Å². The van der Waals surface area contributed by atoms with Crippen LogP contribution in [-0.4, -0.2) is 44.1 Å². The van der Waals surface area contributed by atoms with Crippen LogP contribution in [0.25, 0.3) is 0 Å². The molecule has 5 nitrogen and oxygen atoms in total. The van der Waals surface area contributed by atoms with Gasteiger partial charge in [0.1, 0.15) is 0 Å². The Labute approximate surface area is 120 Å². The van der Waals surface area contributed by atoms with Crippen LogP contribution in [0.3, 0.4) is 0 Å². The zero-order valence-electron chi connectivity index (χ0n) is 11.8. The average Bonchev–Trinajstić information content (AvgIpc) is 3.23. The summed E-state index contributed by atoms with van der Waals surface area (Å²) in [5, 5.41) is 9.59. The third kappa shape index (κ3) is 3.38. The molecule has 1 unspecified atom stereocenters. The van der Waals surface area contributed by atoms with E-state index in [1.54, 1.807) is 38.3 Å². The molecular formula is C14H21NO4S. The number of hydrogen-bond donors (Lipinski definition) is 1. The van der Waals surface area contributed by atoms with E-state index in [2.05, 4.69) is 0 Å². The molecule has 1 aliphatic carbocycles. The van der Waals surface area contributed by atoms with Gasteiger partial charge in [0, 0.05) is 19.7 Å². The molecule has 0 bridgehead atoms. The minimum atomic E-state index is -3.52. The van der Waals surface area contributed by atoms with Gasteiger partial charge in [-0.15, -0.1) is 0 Å². The molecule has 0 aliphatic heterocycles. The van der Waals surface area contributed by atoms with Gasteiger partial charge in [-0.1, -0.05) is 12.1 Å². The van der Waals surface area contributed by atoms with Crippen LogP contribution >= 0.6 is 0 Å². The highest BCUT2D eigenvalue weighted by molar-refractivity contribution is 7.89. The molecule has 0 radical (unpaired) electrons. The Bertz CT molecular complexity index is 552. The molecule has 0 amide bonds. The van der Waals surface area contributed by atoms with Crippen molar-refractivity contribution in [1.29, 1.82) is 0 Å². The fourth-order valence-electron chi connectivity index (χ4n) is 2.11. The first kappa shape index (κ1) is 15.4. The molecule has 0 heterocycles. The average molecular weight is 299 g/mol.